The second kappa shape index (κ2) is 4.37. The molecule has 4 heteroatoms. The van der Waals surface area contributed by atoms with E-state index in [9.17, 15) is 0 Å². The van der Waals surface area contributed by atoms with Crippen molar-refractivity contribution in [2.45, 2.75) is 38.9 Å². The molecule has 0 radical (unpaired) electrons. The standard InChI is InChI=1S/C18H19BO3/c1-17(2)18(3,4)22-19(21-17)15-11-20-16-13-8-6-5-7-12(13)9-10-14(15)16/h5-11H,1-4H3. The third kappa shape index (κ3) is 1.84. The van der Waals surface area contributed by atoms with Crippen molar-refractivity contribution in [3.63, 3.8) is 0 Å². The van der Waals surface area contributed by atoms with E-state index in [-0.39, 0.29) is 11.2 Å². The lowest BCUT2D eigenvalue weighted by molar-refractivity contribution is 0.00578. The molecule has 2 heterocycles. The second-order valence-electron chi connectivity index (χ2n) is 6.94. The number of hydrogen-bond acceptors (Lipinski definition) is 3. The van der Waals surface area contributed by atoms with Crippen LogP contribution in [0.4, 0.5) is 0 Å². The van der Waals surface area contributed by atoms with Crippen LogP contribution in [0.3, 0.4) is 0 Å². The zero-order valence-corrected chi connectivity index (χ0v) is 13.3. The van der Waals surface area contributed by atoms with Gasteiger partial charge >= 0.3 is 7.12 Å². The monoisotopic (exact) mass is 294 g/mol. The normalized spacial score (nSPS) is 20.1. The molecule has 1 aliphatic heterocycles. The average molecular weight is 294 g/mol. The molecule has 0 unspecified atom stereocenters. The van der Waals surface area contributed by atoms with Gasteiger partial charge in [-0.2, -0.15) is 0 Å². The molecule has 1 aliphatic rings. The van der Waals surface area contributed by atoms with Crippen molar-refractivity contribution < 1.29 is 13.7 Å². The quantitative estimate of drug-likeness (QED) is 0.638. The fourth-order valence-corrected chi connectivity index (χ4v) is 2.94. The van der Waals surface area contributed by atoms with Crippen molar-refractivity contribution in [2.75, 3.05) is 0 Å². The smallest absolute Gasteiger partial charge is 0.464 e. The number of hydrogen-bond donors (Lipinski definition) is 0. The lowest BCUT2D eigenvalue weighted by Crippen LogP contribution is -2.41. The van der Waals surface area contributed by atoms with Gasteiger partial charge in [0.15, 0.2) is 0 Å². The molecule has 0 N–H and O–H groups in total. The van der Waals surface area contributed by atoms with Crippen LogP contribution in [0.1, 0.15) is 27.7 Å². The van der Waals surface area contributed by atoms with Gasteiger partial charge in [-0.05, 0) is 33.1 Å². The lowest BCUT2D eigenvalue weighted by Gasteiger charge is -2.32. The Morgan fingerprint density at radius 3 is 2.23 bits per heavy atom. The second-order valence-corrected chi connectivity index (χ2v) is 6.94. The molecule has 3 aromatic rings. The van der Waals surface area contributed by atoms with Crippen LogP contribution in [0.15, 0.2) is 47.1 Å². The van der Waals surface area contributed by atoms with Crippen LogP contribution in [-0.4, -0.2) is 18.3 Å². The average Bonchev–Trinajstić information content (AvgIpc) is 2.98. The van der Waals surface area contributed by atoms with Crippen molar-refractivity contribution >= 4 is 34.3 Å². The Morgan fingerprint density at radius 1 is 0.818 bits per heavy atom. The molecule has 0 spiro atoms. The summed E-state index contributed by atoms with van der Waals surface area (Å²) in [6.07, 6.45) is 1.76. The van der Waals surface area contributed by atoms with Gasteiger partial charge < -0.3 is 13.7 Å². The van der Waals surface area contributed by atoms with E-state index in [1.54, 1.807) is 6.26 Å². The van der Waals surface area contributed by atoms with Gasteiger partial charge in [-0.15, -0.1) is 0 Å². The van der Waals surface area contributed by atoms with Gasteiger partial charge in [-0.25, -0.2) is 0 Å². The van der Waals surface area contributed by atoms with E-state index in [0.717, 1.165) is 21.8 Å². The Hall–Kier alpha value is -1.78. The first kappa shape index (κ1) is 13.9. The molecule has 2 aromatic carbocycles. The summed E-state index contributed by atoms with van der Waals surface area (Å²) < 4.78 is 18.1. The van der Waals surface area contributed by atoms with Crippen LogP contribution in [-0.2, 0) is 9.31 Å². The molecular formula is C18H19BO3. The van der Waals surface area contributed by atoms with E-state index >= 15 is 0 Å². The molecule has 1 aromatic heterocycles. The Balaban J connectivity index is 1.86. The summed E-state index contributed by atoms with van der Waals surface area (Å²) in [4.78, 5) is 0. The molecular weight excluding hydrogens is 275 g/mol. The summed E-state index contributed by atoms with van der Waals surface area (Å²) in [5.74, 6) is 0. The summed E-state index contributed by atoms with van der Waals surface area (Å²) in [6.45, 7) is 8.24. The molecule has 0 bridgehead atoms. The summed E-state index contributed by atoms with van der Waals surface area (Å²) in [6, 6.07) is 12.4. The summed E-state index contributed by atoms with van der Waals surface area (Å²) in [7, 11) is -0.396. The third-order valence-electron chi connectivity index (χ3n) is 5.00. The van der Waals surface area contributed by atoms with Crippen LogP contribution < -0.4 is 5.46 Å². The SMILES string of the molecule is CC1(C)OB(c2coc3c2ccc2ccccc23)OC1(C)C. The van der Waals surface area contributed by atoms with Crippen LogP contribution in [0, 0.1) is 0 Å². The van der Waals surface area contributed by atoms with E-state index in [1.165, 1.54) is 5.39 Å². The molecule has 1 saturated heterocycles. The van der Waals surface area contributed by atoms with Gasteiger partial charge in [0, 0.05) is 16.2 Å². The molecule has 22 heavy (non-hydrogen) atoms. The van der Waals surface area contributed by atoms with Crippen molar-refractivity contribution in [3.05, 3.63) is 42.7 Å². The van der Waals surface area contributed by atoms with Crippen molar-refractivity contribution in [1.82, 2.24) is 0 Å². The molecule has 0 atom stereocenters. The van der Waals surface area contributed by atoms with Crippen molar-refractivity contribution in [2.24, 2.45) is 0 Å². The first-order chi connectivity index (χ1) is 10.4. The highest BCUT2D eigenvalue weighted by Crippen LogP contribution is 2.37. The molecule has 0 aliphatic carbocycles. The highest BCUT2D eigenvalue weighted by Gasteiger charge is 2.52. The zero-order valence-electron chi connectivity index (χ0n) is 13.3. The molecule has 112 valence electrons. The number of rotatable bonds is 1. The maximum absolute atomic E-state index is 6.15. The van der Waals surface area contributed by atoms with Gasteiger partial charge in [-0.1, -0.05) is 36.4 Å². The minimum Gasteiger partial charge on any atom is -0.464 e. The Bertz CT molecular complexity index is 847. The Kier molecular flexibility index (Phi) is 2.75. The van der Waals surface area contributed by atoms with Crippen LogP contribution in [0.5, 0.6) is 0 Å². The number of fused-ring (bicyclic) bond motifs is 3. The van der Waals surface area contributed by atoms with E-state index < -0.39 is 7.12 Å². The van der Waals surface area contributed by atoms with Crippen LogP contribution >= 0.6 is 0 Å². The predicted molar refractivity (Wildman–Crippen MR) is 89.4 cm³/mol. The predicted octanol–water partition coefficient (Wildman–Crippen LogP) is 3.89. The summed E-state index contributed by atoms with van der Waals surface area (Å²) in [5, 5.41) is 3.34. The maximum atomic E-state index is 6.15. The Labute approximate surface area is 130 Å². The Morgan fingerprint density at radius 2 is 1.50 bits per heavy atom. The lowest BCUT2D eigenvalue weighted by atomic mass is 9.79. The van der Waals surface area contributed by atoms with Gasteiger partial charge in [0.25, 0.3) is 0 Å². The zero-order chi connectivity index (χ0) is 15.5. The minimum absolute atomic E-state index is 0.349. The van der Waals surface area contributed by atoms with E-state index in [2.05, 4.69) is 52.0 Å². The summed E-state index contributed by atoms with van der Waals surface area (Å²) >= 11 is 0. The largest absolute Gasteiger partial charge is 0.498 e. The fourth-order valence-electron chi connectivity index (χ4n) is 2.94. The first-order valence-corrected chi connectivity index (χ1v) is 7.63. The van der Waals surface area contributed by atoms with Crippen molar-refractivity contribution in [3.8, 4) is 0 Å². The third-order valence-corrected chi connectivity index (χ3v) is 5.00. The maximum Gasteiger partial charge on any atom is 0.498 e. The highest BCUT2D eigenvalue weighted by molar-refractivity contribution is 6.65. The summed E-state index contributed by atoms with van der Waals surface area (Å²) in [5.41, 5.74) is 1.15. The van der Waals surface area contributed by atoms with Gasteiger partial charge in [0.05, 0.1) is 17.5 Å². The topological polar surface area (TPSA) is 31.6 Å². The molecule has 0 amide bonds. The fraction of sp³-hybridized carbons (Fsp3) is 0.333. The van der Waals surface area contributed by atoms with Gasteiger partial charge in [0.2, 0.25) is 0 Å². The van der Waals surface area contributed by atoms with Crippen LogP contribution in [0.25, 0.3) is 21.7 Å². The van der Waals surface area contributed by atoms with E-state index in [4.69, 9.17) is 13.7 Å². The van der Waals surface area contributed by atoms with Gasteiger partial charge in [0.1, 0.15) is 5.58 Å². The first-order valence-electron chi connectivity index (χ1n) is 7.63. The van der Waals surface area contributed by atoms with Crippen molar-refractivity contribution in [1.29, 1.82) is 0 Å². The van der Waals surface area contributed by atoms with E-state index in [1.807, 2.05) is 12.1 Å². The number of benzene rings is 2. The molecule has 3 nitrogen and oxygen atoms in total. The molecule has 0 saturated carbocycles. The molecule has 1 fully saturated rings. The van der Waals surface area contributed by atoms with Crippen LogP contribution in [0.2, 0.25) is 0 Å². The van der Waals surface area contributed by atoms with E-state index in [0.29, 0.717) is 0 Å². The highest BCUT2D eigenvalue weighted by atomic mass is 16.7. The van der Waals surface area contributed by atoms with Gasteiger partial charge in [-0.3, -0.25) is 0 Å². The number of furan rings is 1. The molecule has 4 rings (SSSR count). The minimum atomic E-state index is -0.396.